The molecule has 0 bridgehead atoms. The Morgan fingerprint density at radius 3 is 2.95 bits per heavy atom. The number of nitrogens with zero attached hydrogens (tertiary/aromatic N) is 1. The molecule has 0 radical (unpaired) electrons. The van der Waals surface area contributed by atoms with Gasteiger partial charge in [-0.3, -0.25) is 0 Å². The van der Waals surface area contributed by atoms with Crippen molar-refractivity contribution in [2.24, 2.45) is 16.6 Å². The van der Waals surface area contributed by atoms with Crippen LogP contribution in [0.2, 0.25) is 0 Å². The molecule has 2 aliphatic rings. The van der Waals surface area contributed by atoms with Crippen molar-refractivity contribution in [2.45, 2.75) is 33.0 Å². The van der Waals surface area contributed by atoms with Gasteiger partial charge in [0.25, 0.3) is 0 Å². The molecule has 2 unspecified atom stereocenters. The monoisotopic (exact) mass is 265 g/mol. The van der Waals surface area contributed by atoms with E-state index in [2.05, 4.69) is 36.3 Å². The summed E-state index contributed by atoms with van der Waals surface area (Å²) in [6, 6.07) is 0. The van der Waals surface area contributed by atoms with Gasteiger partial charge >= 0.3 is 0 Å². The van der Waals surface area contributed by atoms with E-state index >= 15 is 0 Å². The topological polar surface area (TPSA) is 59.6 Å². The van der Waals surface area contributed by atoms with Crippen LogP contribution in [0.3, 0.4) is 0 Å². The van der Waals surface area contributed by atoms with Gasteiger partial charge in [-0.15, -0.1) is 0 Å². The molecule has 2 atom stereocenters. The first-order valence-corrected chi connectivity index (χ1v) is 6.39. The lowest BCUT2D eigenvalue weighted by Gasteiger charge is -2.30. The molecule has 0 saturated heterocycles. The summed E-state index contributed by atoms with van der Waals surface area (Å²) in [7, 11) is 0. The molecule has 19 heavy (non-hydrogen) atoms. The van der Waals surface area contributed by atoms with Crippen molar-refractivity contribution in [1.29, 1.82) is 0 Å². The van der Waals surface area contributed by atoms with Gasteiger partial charge in [0, 0.05) is 13.1 Å². The Morgan fingerprint density at radius 1 is 1.58 bits per heavy atom. The number of allylic oxidation sites excluding steroid dienone is 3. The molecule has 0 aromatic rings. The minimum Gasteiger partial charge on any atom is -0.381 e. The third kappa shape index (κ3) is 3.23. The van der Waals surface area contributed by atoms with E-state index in [4.69, 9.17) is 10.5 Å². The largest absolute Gasteiger partial charge is 0.381 e. The molecule has 1 heterocycles. The molecule has 4 nitrogen and oxygen atoms in total. The van der Waals surface area contributed by atoms with Crippen molar-refractivity contribution < 1.29 is 9.13 Å². The van der Waals surface area contributed by atoms with Crippen LogP contribution >= 0.6 is 0 Å². The fraction of sp³-hybridized carbons (Fsp3) is 0.500. The molecule has 1 aliphatic carbocycles. The molecule has 2 rings (SSSR count). The number of nitrogens with one attached hydrogen (secondary N) is 1. The Bertz CT molecular complexity index is 493. The van der Waals surface area contributed by atoms with E-state index in [1.54, 1.807) is 6.92 Å². The summed E-state index contributed by atoms with van der Waals surface area (Å²) >= 11 is 0. The van der Waals surface area contributed by atoms with Crippen molar-refractivity contribution in [3.8, 4) is 0 Å². The molecule has 0 spiro atoms. The fourth-order valence-corrected chi connectivity index (χ4v) is 2.17. The molecule has 0 saturated carbocycles. The van der Waals surface area contributed by atoms with E-state index in [9.17, 15) is 4.39 Å². The van der Waals surface area contributed by atoms with Crippen LogP contribution in [0.1, 0.15) is 27.2 Å². The van der Waals surface area contributed by atoms with Crippen molar-refractivity contribution in [2.75, 3.05) is 6.61 Å². The minimum absolute atomic E-state index is 0.136. The quantitative estimate of drug-likeness (QED) is 0.823. The first kappa shape index (κ1) is 13.8. The Labute approximate surface area is 112 Å². The van der Waals surface area contributed by atoms with Crippen LogP contribution in [0.4, 0.5) is 4.39 Å². The lowest BCUT2D eigenvalue weighted by molar-refractivity contribution is -0.0330. The van der Waals surface area contributed by atoms with Crippen molar-refractivity contribution in [1.82, 2.24) is 5.32 Å². The summed E-state index contributed by atoms with van der Waals surface area (Å²) in [4.78, 5) is 3.99. The van der Waals surface area contributed by atoms with Crippen molar-refractivity contribution in [3.05, 3.63) is 35.3 Å². The average molecular weight is 265 g/mol. The number of amidine groups is 1. The maximum atomic E-state index is 13.1. The van der Waals surface area contributed by atoms with E-state index < -0.39 is 11.7 Å². The van der Waals surface area contributed by atoms with Gasteiger partial charge in [0.15, 0.2) is 11.7 Å². The second-order valence-corrected chi connectivity index (χ2v) is 5.26. The first-order valence-electron chi connectivity index (χ1n) is 6.39. The van der Waals surface area contributed by atoms with Crippen LogP contribution in [0.15, 0.2) is 40.3 Å². The number of hydrogen-bond acceptors (Lipinski definition) is 4. The molecule has 0 fully saturated rings. The van der Waals surface area contributed by atoms with E-state index in [0.29, 0.717) is 12.5 Å². The molecule has 0 aromatic heterocycles. The smallest absolute Gasteiger partial charge is 0.235 e. The van der Waals surface area contributed by atoms with Gasteiger partial charge in [-0.25, -0.2) is 9.38 Å². The van der Waals surface area contributed by atoms with E-state index in [1.165, 1.54) is 17.3 Å². The number of halogens is 1. The maximum absolute atomic E-state index is 13.1. The highest BCUT2D eigenvalue weighted by molar-refractivity contribution is 5.95. The van der Waals surface area contributed by atoms with Crippen molar-refractivity contribution >= 4 is 5.84 Å². The van der Waals surface area contributed by atoms with Crippen LogP contribution in [-0.4, -0.2) is 18.3 Å². The van der Waals surface area contributed by atoms with E-state index in [1.807, 2.05) is 0 Å². The maximum Gasteiger partial charge on any atom is 0.235 e. The number of hydrogen-bond donors (Lipinski definition) is 2. The molecular formula is C14H20FN3O. The van der Waals surface area contributed by atoms with E-state index in [0.717, 1.165) is 6.42 Å². The highest BCUT2D eigenvalue weighted by Crippen LogP contribution is 2.26. The van der Waals surface area contributed by atoms with Crippen LogP contribution in [-0.2, 0) is 4.74 Å². The normalized spacial score (nSPS) is 30.8. The van der Waals surface area contributed by atoms with Gasteiger partial charge < -0.3 is 15.8 Å². The highest BCUT2D eigenvalue weighted by atomic mass is 19.1. The Kier molecular flexibility index (Phi) is 3.75. The van der Waals surface area contributed by atoms with Gasteiger partial charge in [-0.1, -0.05) is 24.6 Å². The SMILES string of the molecule is CC1=CC=C(COC2(C)N=C(N)C(F)=CN2)C(C)C1. The van der Waals surface area contributed by atoms with Gasteiger partial charge in [-0.2, -0.15) is 0 Å². The molecule has 1 aliphatic heterocycles. The molecular weight excluding hydrogens is 245 g/mol. The van der Waals surface area contributed by atoms with Crippen LogP contribution in [0.25, 0.3) is 0 Å². The zero-order valence-corrected chi connectivity index (χ0v) is 11.5. The van der Waals surface area contributed by atoms with Crippen LogP contribution in [0.5, 0.6) is 0 Å². The molecule has 0 amide bonds. The van der Waals surface area contributed by atoms with Gasteiger partial charge in [0.05, 0.1) is 6.61 Å². The zero-order chi connectivity index (χ0) is 14.0. The first-order chi connectivity index (χ1) is 8.89. The lowest BCUT2D eigenvalue weighted by Crippen LogP contribution is -2.45. The zero-order valence-electron chi connectivity index (χ0n) is 11.5. The molecule has 0 aromatic carbocycles. The van der Waals surface area contributed by atoms with Crippen LogP contribution in [0, 0.1) is 5.92 Å². The summed E-state index contributed by atoms with van der Waals surface area (Å²) in [6.07, 6.45) is 6.41. The predicted molar refractivity (Wildman–Crippen MR) is 73.9 cm³/mol. The third-order valence-electron chi connectivity index (χ3n) is 3.41. The second kappa shape index (κ2) is 5.17. The molecule has 3 N–H and O–H groups in total. The van der Waals surface area contributed by atoms with Gasteiger partial charge in [0.1, 0.15) is 0 Å². The number of aliphatic imine (C=N–C) groups is 1. The second-order valence-electron chi connectivity index (χ2n) is 5.26. The summed E-state index contributed by atoms with van der Waals surface area (Å²) in [5.74, 6) is -1.26. The van der Waals surface area contributed by atoms with E-state index in [-0.39, 0.29) is 5.84 Å². The number of rotatable bonds is 3. The van der Waals surface area contributed by atoms with Crippen LogP contribution < -0.4 is 11.1 Å². The highest BCUT2D eigenvalue weighted by Gasteiger charge is 2.28. The Morgan fingerprint density at radius 2 is 2.32 bits per heavy atom. The fourth-order valence-electron chi connectivity index (χ4n) is 2.17. The van der Waals surface area contributed by atoms with Gasteiger partial charge in [0.2, 0.25) is 5.85 Å². The average Bonchev–Trinajstić information content (AvgIpc) is 2.34. The summed E-state index contributed by atoms with van der Waals surface area (Å²) in [5.41, 5.74) is 8.04. The Hall–Kier alpha value is -1.62. The molecule has 104 valence electrons. The summed E-state index contributed by atoms with van der Waals surface area (Å²) in [6.45, 7) is 6.45. The standard InChI is InChI=1S/C14H20FN3O/c1-9-4-5-11(10(2)6-9)8-19-14(3)17-7-12(15)13(16)18-14/h4-5,7,10,17H,6,8H2,1-3H3,(H2,16,18). The number of nitrogens with two attached hydrogens (primary N) is 1. The van der Waals surface area contributed by atoms with Gasteiger partial charge in [-0.05, 0) is 24.8 Å². The summed E-state index contributed by atoms with van der Waals surface area (Å²) in [5, 5.41) is 2.77. The minimum atomic E-state index is -1.00. The third-order valence-corrected chi connectivity index (χ3v) is 3.41. The summed E-state index contributed by atoms with van der Waals surface area (Å²) < 4.78 is 18.8. The predicted octanol–water partition coefficient (Wildman–Crippen LogP) is 2.36. The van der Waals surface area contributed by atoms with Crippen molar-refractivity contribution in [3.63, 3.8) is 0 Å². The Balaban J connectivity index is 2.00. The number of ether oxygens (including phenoxy) is 1. The molecule has 5 heteroatoms. The lowest BCUT2D eigenvalue weighted by atomic mass is 9.90.